The van der Waals surface area contributed by atoms with E-state index in [1.54, 1.807) is 0 Å². The molecule has 0 aliphatic heterocycles. The average molecular weight is 1150 g/mol. The lowest BCUT2D eigenvalue weighted by atomic mass is 10.1. The van der Waals surface area contributed by atoms with Crippen LogP contribution in [-0.2, 0) is 28.6 Å². The predicted octanol–water partition coefficient (Wildman–Crippen LogP) is 24.1. The molecule has 0 bridgehead atoms. The zero-order valence-electron chi connectivity index (χ0n) is 54.2. The number of allylic oxidation sites excluding steroid dienone is 22. The number of carbonyl (C=O) groups is 3. The Bertz CT molecular complexity index is 1750. The molecule has 0 spiro atoms. The fraction of sp³-hybridized carbons (Fsp3) is 0.675. The Kier molecular flexibility index (Phi) is 66.3. The van der Waals surface area contributed by atoms with Gasteiger partial charge in [-0.25, -0.2) is 0 Å². The van der Waals surface area contributed by atoms with Crippen LogP contribution in [0.25, 0.3) is 0 Å². The van der Waals surface area contributed by atoms with Gasteiger partial charge in [0.15, 0.2) is 6.10 Å². The van der Waals surface area contributed by atoms with Crippen LogP contribution in [0.1, 0.15) is 316 Å². The van der Waals surface area contributed by atoms with E-state index in [-0.39, 0.29) is 31.1 Å². The number of esters is 3. The first-order chi connectivity index (χ1) is 41.0. The highest BCUT2D eigenvalue weighted by Crippen LogP contribution is 2.16. The van der Waals surface area contributed by atoms with Crippen LogP contribution in [0.3, 0.4) is 0 Å². The summed E-state index contributed by atoms with van der Waals surface area (Å²) in [6.07, 6.45) is 98.8. The van der Waals surface area contributed by atoms with Crippen molar-refractivity contribution < 1.29 is 28.6 Å². The molecule has 0 amide bonds. The van der Waals surface area contributed by atoms with Crippen LogP contribution >= 0.6 is 0 Å². The van der Waals surface area contributed by atoms with Gasteiger partial charge >= 0.3 is 17.9 Å². The lowest BCUT2D eigenvalue weighted by Crippen LogP contribution is -2.30. The molecule has 0 N–H and O–H groups in total. The zero-order chi connectivity index (χ0) is 59.9. The van der Waals surface area contributed by atoms with Gasteiger partial charge in [0.25, 0.3) is 0 Å². The molecule has 0 saturated carbocycles. The molecule has 0 rings (SSSR count). The lowest BCUT2D eigenvalue weighted by Gasteiger charge is -2.18. The maximum atomic E-state index is 13.0. The Morgan fingerprint density at radius 3 is 0.759 bits per heavy atom. The van der Waals surface area contributed by atoms with Crippen molar-refractivity contribution in [1.82, 2.24) is 0 Å². The molecule has 0 aromatic rings. The summed E-state index contributed by atoms with van der Waals surface area (Å²) >= 11 is 0. The second-order valence-electron chi connectivity index (χ2n) is 22.7. The smallest absolute Gasteiger partial charge is 0.306 e. The Morgan fingerprint density at radius 2 is 0.470 bits per heavy atom. The maximum absolute atomic E-state index is 13.0. The molecule has 1 atom stereocenters. The van der Waals surface area contributed by atoms with Crippen LogP contribution in [-0.4, -0.2) is 37.2 Å². The van der Waals surface area contributed by atoms with Crippen LogP contribution in [0.5, 0.6) is 0 Å². The van der Waals surface area contributed by atoms with E-state index in [4.69, 9.17) is 14.2 Å². The second kappa shape index (κ2) is 70.0. The molecule has 0 fully saturated rings. The molecule has 0 aromatic carbocycles. The quantitative estimate of drug-likeness (QED) is 0.0261. The van der Waals surface area contributed by atoms with E-state index in [2.05, 4.69) is 154 Å². The van der Waals surface area contributed by atoms with Crippen molar-refractivity contribution >= 4 is 17.9 Å². The normalized spacial score (nSPS) is 13.0. The van der Waals surface area contributed by atoms with Gasteiger partial charge in [0, 0.05) is 19.3 Å². The predicted molar refractivity (Wildman–Crippen MR) is 362 cm³/mol. The summed E-state index contributed by atoms with van der Waals surface area (Å²) < 4.78 is 17.0. The third-order valence-corrected chi connectivity index (χ3v) is 14.6. The van der Waals surface area contributed by atoms with Gasteiger partial charge in [-0.15, -0.1) is 0 Å². The minimum absolute atomic E-state index is 0.0929. The van der Waals surface area contributed by atoms with Crippen molar-refractivity contribution in [3.63, 3.8) is 0 Å². The van der Waals surface area contributed by atoms with Crippen LogP contribution < -0.4 is 0 Å². The minimum Gasteiger partial charge on any atom is -0.462 e. The van der Waals surface area contributed by atoms with E-state index in [9.17, 15) is 14.4 Å². The first kappa shape index (κ1) is 78.5. The molecule has 0 heterocycles. The summed E-state index contributed by atoms with van der Waals surface area (Å²) in [4.78, 5) is 38.5. The molecule has 0 radical (unpaired) electrons. The molecule has 472 valence electrons. The Labute approximate surface area is 513 Å². The summed E-state index contributed by atoms with van der Waals surface area (Å²) in [6, 6.07) is 0. The van der Waals surface area contributed by atoms with Crippen molar-refractivity contribution in [3.8, 4) is 0 Å². The maximum Gasteiger partial charge on any atom is 0.306 e. The molecule has 0 aliphatic rings. The third-order valence-electron chi connectivity index (χ3n) is 14.6. The summed E-state index contributed by atoms with van der Waals surface area (Å²) in [6.45, 7) is 6.49. The van der Waals surface area contributed by atoms with Gasteiger partial charge in [-0.05, 0) is 141 Å². The highest BCUT2D eigenvalue weighted by atomic mass is 16.6. The number of ether oxygens (including phenoxy) is 3. The standard InChI is InChI=1S/C77H128O6/c1-4-7-10-13-16-19-22-25-28-31-33-35-36-37-38-39-40-42-43-46-49-52-55-58-61-64-67-70-76(79)82-73-74(72-81-75(78)69-66-63-60-57-54-51-48-45-30-27-24-21-18-15-12-9-6-3)83-77(80)71-68-65-62-59-56-53-50-47-44-41-34-32-29-26-23-20-17-14-11-8-5-2/h7,10,16,18-19,21,23,25-28,30,32-35,37-38,40,42,46,49,74H,4-6,8-9,11-15,17,20,22,24,29,31,36,39,41,43-45,47-48,50-73H2,1-3H3/b10-7-,19-16-,21-18-,26-23-,28-25-,30-27-,34-32-,35-33-,38-37-,42-40-,49-46-. The van der Waals surface area contributed by atoms with E-state index in [1.807, 2.05) is 0 Å². The van der Waals surface area contributed by atoms with Gasteiger partial charge in [-0.3, -0.25) is 14.4 Å². The highest BCUT2D eigenvalue weighted by molar-refractivity contribution is 5.71. The minimum atomic E-state index is -0.799. The fourth-order valence-electron chi connectivity index (χ4n) is 9.43. The van der Waals surface area contributed by atoms with E-state index < -0.39 is 6.10 Å². The van der Waals surface area contributed by atoms with Gasteiger partial charge in [0.05, 0.1) is 0 Å². The van der Waals surface area contributed by atoms with Gasteiger partial charge in [0.2, 0.25) is 0 Å². The van der Waals surface area contributed by atoms with Gasteiger partial charge in [0.1, 0.15) is 13.2 Å². The van der Waals surface area contributed by atoms with Crippen molar-refractivity contribution in [1.29, 1.82) is 0 Å². The van der Waals surface area contributed by atoms with E-state index in [0.29, 0.717) is 19.3 Å². The lowest BCUT2D eigenvalue weighted by molar-refractivity contribution is -0.167. The average Bonchev–Trinajstić information content (AvgIpc) is 3.49. The number of carbonyl (C=O) groups excluding carboxylic acids is 3. The second-order valence-corrected chi connectivity index (χ2v) is 22.7. The molecule has 0 aromatic heterocycles. The number of rotatable bonds is 62. The molecule has 0 saturated heterocycles. The van der Waals surface area contributed by atoms with Crippen LogP contribution in [0.15, 0.2) is 134 Å². The largest absolute Gasteiger partial charge is 0.462 e. The van der Waals surface area contributed by atoms with Crippen molar-refractivity contribution in [2.24, 2.45) is 0 Å². The first-order valence-electron chi connectivity index (χ1n) is 34.7. The van der Waals surface area contributed by atoms with E-state index >= 15 is 0 Å². The van der Waals surface area contributed by atoms with Gasteiger partial charge in [-0.1, -0.05) is 289 Å². The zero-order valence-corrected chi connectivity index (χ0v) is 54.2. The Morgan fingerprint density at radius 1 is 0.253 bits per heavy atom. The van der Waals surface area contributed by atoms with Crippen LogP contribution in [0, 0.1) is 0 Å². The van der Waals surface area contributed by atoms with Gasteiger partial charge < -0.3 is 14.2 Å². The third kappa shape index (κ3) is 68.2. The molecule has 1 unspecified atom stereocenters. The first-order valence-corrected chi connectivity index (χ1v) is 34.7. The van der Waals surface area contributed by atoms with Crippen molar-refractivity contribution in [2.75, 3.05) is 13.2 Å². The summed E-state index contributed by atoms with van der Waals surface area (Å²) in [5.41, 5.74) is 0. The van der Waals surface area contributed by atoms with Crippen molar-refractivity contribution in [3.05, 3.63) is 134 Å². The molecular formula is C77H128O6. The number of hydrogen-bond donors (Lipinski definition) is 0. The molecule has 83 heavy (non-hydrogen) atoms. The Balaban J connectivity index is 4.44. The van der Waals surface area contributed by atoms with Crippen LogP contribution in [0.2, 0.25) is 0 Å². The molecule has 0 aliphatic carbocycles. The Hall–Kier alpha value is -4.45. The summed E-state index contributed by atoms with van der Waals surface area (Å²) in [7, 11) is 0. The van der Waals surface area contributed by atoms with Gasteiger partial charge in [-0.2, -0.15) is 0 Å². The summed E-state index contributed by atoms with van der Waals surface area (Å²) in [5.74, 6) is -0.917. The van der Waals surface area contributed by atoms with E-state index in [0.717, 1.165) is 141 Å². The topological polar surface area (TPSA) is 78.9 Å². The molecular weight excluding hydrogens is 1020 g/mol. The molecule has 6 nitrogen and oxygen atoms in total. The summed E-state index contributed by atoms with van der Waals surface area (Å²) in [5, 5.41) is 0. The highest BCUT2D eigenvalue weighted by Gasteiger charge is 2.19. The fourth-order valence-corrected chi connectivity index (χ4v) is 9.43. The SMILES string of the molecule is CC/C=C\C/C=C\C/C=C\C/C=C\C/C=C\C/C=C\C/C=C\CCCCCCCC(=O)OCC(COC(=O)CCCCCCCCC/C=C\C/C=C\CCCCC)OC(=O)CCCCCCCCCCC/C=C\C/C=C\CCCCCCC. The molecule has 6 heteroatoms. The van der Waals surface area contributed by atoms with Crippen molar-refractivity contribution in [2.45, 2.75) is 322 Å². The van der Waals surface area contributed by atoms with Crippen LogP contribution in [0.4, 0.5) is 0 Å². The van der Waals surface area contributed by atoms with E-state index in [1.165, 1.54) is 135 Å². The monoisotopic (exact) mass is 1150 g/mol. The number of unbranched alkanes of at least 4 members (excludes halogenated alkanes) is 29. The number of hydrogen-bond acceptors (Lipinski definition) is 6.